The van der Waals surface area contributed by atoms with Crippen LogP contribution in [0.25, 0.3) is 0 Å². The number of halogens is 1. The minimum absolute atomic E-state index is 0.370. The second kappa shape index (κ2) is 7.84. The molecule has 2 rings (SSSR count). The highest BCUT2D eigenvalue weighted by atomic mass is 35.5. The molecule has 1 aromatic rings. The lowest BCUT2D eigenvalue weighted by atomic mass is 9.85. The van der Waals surface area contributed by atoms with E-state index in [1.807, 2.05) is 12.1 Å². The summed E-state index contributed by atoms with van der Waals surface area (Å²) in [6, 6.07) is 3.80. The van der Waals surface area contributed by atoms with Gasteiger partial charge in [0.1, 0.15) is 5.82 Å². The number of rotatable bonds is 6. The number of nitrogens with one attached hydrogen (secondary N) is 1. The standard InChI is InChI=1S/C16H25ClN2O/c1-3-12-7-5-6-8-15(12)20-11-14-13(17)9-10-16(19-14)18-4-2/h9-10,12,15H,3-8,11H2,1-2H3,(H,18,19). The second-order valence-corrected chi connectivity index (χ2v) is 5.86. The lowest BCUT2D eigenvalue weighted by Crippen LogP contribution is -2.27. The van der Waals surface area contributed by atoms with E-state index in [9.17, 15) is 0 Å². The Kier molecular flexibility index (Phi) is 6.11. The fraction of sp³-hybridized carbons (Fsp3) is 0.688. The molecule has 1 fully saturated rings. The SMILES string of the molecule is CCNc1ccc(Cl)c(COC2CCCCC2CC)n1. The molecule has 1 aliphatic rings. The first kappa shape index (κ1) is 15.6. The van der Waals surface area contributed by atoms with Crippen LogP contribution in [-0.4, -0.2) is 17.6 Å². The third-order valence-electron chi connectivity index (χ3n) is 4.07. The van der Waals surface area contributed by atoms with Crippen molar-refractivity contribution in [2.75, 3.05) is 11.9 Å². The Morgan fingerprint density at radius 2 is 2.10 bits per heavy atom. The van der Waals surface area contributed by atoms with Crippen LogP contribution in [0.3, 0.4) is 0 Å². The molecule has 0 aliphatic heterocycles. The summed E-state index contributed by atoms with van der Waals surface area (Å²) in [5.41, 5.74) is 0.838. The van der Waals surface area contributed by atoms with Crippen molar-refractivity contribution in [1.29, 1.82) is 0 Å². The van der Waals surface area contributed by atoms with E-state index in [4.69, 9.17) is 16.3 Å². The highest BCUT2D eigenvalue weighted by Gasteiger charge is 2.24. The number of hydrogen-bond donors (Lipinski definition) is 1. The summed E-state index contributed by atoms with van der Waals surface area (Å²) in [5.74, 6) is 1.56. The van der Waals surface area contributed by atoms with Crippen molar-refractivity contribution in [3.63, 3.8) is 0 Å². The van der Waals surface area contributed by atoms with Crippen LogP contribution in [0.4, 0.5) is 5.82 Å². The fourth-order valence-corrected chi connectivity index (χ4v) is 3.07. The Labute approximate surface area is 127 Å². The molecule has 0 amide bonds. The van der Waals surface area contributed by atoms with E-state index < -0.39 is 0 Å². The first-order valence-electron chi connectivity index (χ1n) is 7.75. The van der Waals surface area contributed by atoms with E-state index in [1.165, 1.54) is 32.1 Å². The lowest BCUT2D eigenvalue weighted by Gasteiger charge is -2.30. The number of pyridine rings is 1. The molecular weight excluding hydrogens is 272 g/mol. The molecule has 1 heterocycles. The minimum Gasteiger partial charge on any atom is -0.372 e. The third-order valence-corrected chi connectivity index (χ3v) is 4.42. The van der Waals surface area contributed by atoms with Crippen molar-refractivity contribution in [2.24, 2.45) is 5.92 Å². The smallest absolute Gasteiger partial charge is 0.126 e. The average Bonchev–Trinajstić information content (AvgIpc) is 2.48. The summed E-state index contributed by atoms with van der Waals surface area (Å²) < 4.78 is 6.11. The largest absolute Gasteiger partial charge is 0.372 e. The van der Waals surface area contributed by atoms with Crippen LogP contribution in [0.15, 0.2) is 12.1 Å². The predicted octanol–water partition coefficient (Wildman–Crippen LogP) is 4.65. The summed E-state index contributed by atoms with van der Waals surface area (Å²) in [6.07, 6.45) is 6.65. The van der Waals surface area contributed by atoms with Gasteiger partial charge in [-0.15, -0.1) is 0 Å². The average molecular weight is 297 g/mol. The highest BCUT2D eigenvalue weighted by molar-refractivity contribution is 6.31. The van der Waals surface area contributed by atoms with E-state index in [0.717, 1.165) is 18.1 Å². The van der Waals surface area contributed by atoms with Crippen LogP contribution in [0.2, 0.25) is 5.02 Å². The summed E-state index contributed by atoms with van der Waals surface area (Å²) in [6.45, 7) is 5.68. The Bertz CT molecular complexity index is 425. The molecule has 20 heavy (non-hydrogen) atoms. The van der Waals surface area contributed by atoms with Crippen molar-refractivity contribution in [3.05, 3.63) is 22.8 Å². The number of anilines is 1. The minimum atomic E-state index is 0.370. The number of hydrogen-bond acceptors (Lipinski definition) is 3. The van der Waals surface area contributed by atoms with E-state index in [0.29, 0.717) is 23.7 Å². The van der Waals surface area contributed by atoms with E-state index in [2.05, 4.69) is 24.1 Å². The van der Waals surface area contributed by atoms with Crippen molar-refractivity contribution in [3.8, 4) is 0 Å². The van der Waals surface area contributed by atoms with Crippen LogP contribution in [0.5, 0.6) is 0 Å². The molecule has 112 valence electrons. The van der Waals surface area contributed by atoms with E-state index in [-0.39, 0.29) is 0 Å². The molecule has 0 spiro atoms. The number of nitrogens with zero attached hydrogens (tertiary/aromatic N) is 1. The second-order valence-electron chi connectivity index (χ2n) is 5.46. The van der Waals surface area contributed by atoms with Gasteiger partial charge >= 0.3 is 0 Å². The monoisotopic (exact) mass is 296 g/mol. The zero-order valence-electron chi connectivity index (χ0n) is 12.5. The normalized spacial score (nSPS) is 22.8. The van der Waals surface area contributed by atoms with Gasteiger partial charge in [0.05, 0.1) is 23.4 Å². The Hall–Kier alpha value is -0.800. The molecule has 1 saturated carbocycles. The Morgan fingerprint density at radius 1 is 1.30 bits per heavy atom. The van der Waals surface area contributed by atoms with E-state index in [1.54, 1.807) is 0 Å². The summed E-state index contributed by atoms with van der Waals surface area (Å²) in [7, 11) is 0. The van der Waals surface area contributed by atoms with E-state index >= 15 is 0 Å². The molecule has 0 bridgehead atoms. The number of ether oxygens (including phenoxy) is 1. The molecule has 1 aromatic heterocycles. The van der Waals surface area contributed by atoms with Crippen LogP contribution < -0.4 is 5.32 Å². The van der Waals surface area contributed by atoms with Crippen LogP contribution in [-0.2, 0) is 11.3 Å². The molecule has 3 nitrogen and oxygen atoms in total. The maximum Gasteiger partial charge on any atom is 0.126 e. The first-order valence-corrected chi connectivity index (χ1v) is 8.13. The molecule has 0 saturated heterocycles. The Morgan fingerprint density at radius 3 is 2.85 bits per heavy atom. The van der Waals surface area contributed by atoms with Crippen LogP contribution in [0.1, 0.15) is 51.6 Å². The Balaban J connectivity index is 1.96. The molecule has 1 aliphatic carbocycles. The summed E-state index contributed by atoms with van der Waals surface area (Å²) in [4.78, 5) is 4.53. The van der Waals surface area contributed by atoms with Gasteiger partial charge in [-0.05, 0) is 37.8 Å². The topological polar surface area (TPSA) is 34.1 Å². The number of aromatic nitrogens is 1. The molecule has 2 atom stereocenters. The van der Waals surface area contributed by atoms with Gasteiger partial charge < -0.3 is 10.1 Å². The molecule has 0 aromatic carbocycles. The summed E-state index contributed by atoms with van der Waals surface area (Å²) in [5, 5.41) is 3.90. The highest BCUT2D eigenvalue weighted by Crippen LogP contribution is 2.30. The van der Waals surface area contributed by atoms with Gasteiger partial charge in [-0.2, -0.15) is 0 Å². The fourth-order valence-electron chi connectivity index (χ4n) is 2.91. The van der Waals surface area contributed by atoms with Crippen molar-refractivity contribution in [2.45, 2.75) is 58.7 Å². The van der Waals surface area contributed by atoms with Crippen molar-refractivity contribution in [1.82, 2.24) is 4.98 Å². The van der Waals surface area contributed by atoms with Gasteiger partial charge in [0.2, 0.25) is 0 Å². The molecule has 4 heteroatoms. The summed E-state index contributed by atoms with van der Waals surface area (Å²) >= 11 is 6.21. The maximum absolute atomic E-state index is 6.21. The zero-order valence-corrected chi connectivity index (χ0v) is 13.2. The third kappa shape index (κ3) is 4.10. The zero-order chi connectivity index (χ0) is 14.4. The lowest BCUT2D eigenvalue weighted by molar-refractivity contribution is -0.0233. The molecule has 0 radical (unpaired) electrons. The van der Waals surface area contributed by atoms with Gasteiger partial charge in [-0.3, -0.25) is 0 Å². The molecule has 2 unspecified atom stereocenters. The van der Waals surface area contributed by atoms with Crippen molar-refractivity contribution >= 4 is 17.4 Å². The van der Waals surface area contributed by atoms with Gasteiger partial charge in [-0.25, -0.2) is 4.98 Å². The molecule has 1 N–H and O–H groups in total. The van der Waals surface area contributed by atoms with Gasteiger partial charge in [0.15, 0.2) is 0 Å². The van der Waals surface area contributed by atoms with Gasteiger partial charge in [-0.1, -0.05) is 37.8 Å². The predicted molar refractivity (Wildman–Crippen MR) is 84.2 cm³/mol. The van der Waals surface area contributed by atoms with Gasteiger partial charge in [0.25, 0.3) is 0 Å². The maximum atomic E-state index is 6.21. The van der Waals surface area contributed by atoms with Crippen LogP contribution >= 0.6 is 11.6 Å². The quantitative estimate of drug-likeness (QED) is 0.829. The van der Waals surface area contributed by atoms with Crippen LogP contribution in [0, 0.1) is 5.92 Å². The molecular formula is C16H25ClN2O. The van der Waals surface area contributed by atoms with Gasteiger partial charge in [0, 0.05) is 6.54 Å². The van der Waals surface area contributed by atoms with Crippen molar-refractivity contribution < 1.29 is 4.74 Å². The first-order chi connectivity index (χ1) is 9.74.